The summed E-state index contributed by atoms with van der Waals surface area (Å²) in [6.45, 7) is 11.7. The molecule has 2 saturated heterocycles. The maximum absolute atomic E-state index is 12.7. The van der Waals surface area contributed by atoms with Crippen molar-refractivity contribution in [1.82, 2.24) is 14.7 Å². The quantitative estimate of drug-likeness (QED) is 0.626. The van der Waals surface area contributed by atoms with Gasteiger partial charge >= 0.3 is 0 Å². The standard InChI is InChI=1S/C19H31N3O3/c1-4-20(13-15(2)3)19(25)16-8-9-18(24)22(14-16)12-6-11-21-10-5-7-17(21)23/h16H,2,4-14H2,1,3H3/t16-/m1/s1. The van der Waals surface area contributed by atoms with Crippen LogP contribution in [-0.4, -0.2) is 71.7 Å². The lowest BCUT2D eigenvalue weighted by Crippen LogP contribution is -2.48. The Morgan fingerprint density at radius 1 is 1.20 bits per heavy atom. The lowest BCUT2D eigenvalue weighted by molar-refractivity contribution is -0.142. The first kappa shape index (κ1) is 19.5. The molecule has 2 heterocycles. The third kappa shape index (κ3) is 5.31. The van der Waals surface area contributed by atoms with Gasteiger partial charge in [0, 0.05) is 52.1 Å². The molecule has 0 radical (unpaired) electrons. The van der Waals surface area contributed by atoms with E-state index in [9.17, 15) is 14.4 Å². The zero-order valence-corrected chi connectivity index (χ0v) is 15.6. The van der Waals surface area contributed by atoms with Crippen LogP contribution in [0.4, 0.5) is 0 Å². The maximum atomic E-state index is 12.7. The van der Waals surface area contributed by atoms with Crippen molar-refractivity contribution in [3.05, 3.63) is 12.2 Å². The summed E-state index contributed by atoms with van der Waals surface area (Å²) in [5.74, 6) is 0.347. The van der Waals surface area contributed by atoms with Crippen molar-refractivity contribution in [2.24, 2.45) is 5.92 Å². The lowest BCUT2D eigenvalue weighted by Gasteiger charge is -2.35. The second-order valence-corrected chi connectivity index (χ2v) is 7.22. The topological polar surface area (TPSA) is 60.9 Å². The SMILES string of the molecule is C=C(C)CN(CC)C(=O)[C@@H]1CCC(=O)N(CCCN2CCCC2=O)C1. The number of hydrogen-bond acceptors (Lipinski definition) is 3. The highest BCUT2D eigenvalue weighted by atomic mass is 16.2. The average molecular weight is 349 g/mol. The molecule has 25 heavy (non-hydrogen) atoms. The first-order valence-electron chi connectivity index (χ1n) is 9.41. The predicted molar refractivity (Wildman–Crippen MR) is 96.8 cm³/mol. The van der Waals surface area contributed by atoms with Crippen LogP contribution in [0.15, 0.2) is 12.2 Å². The van der Waals surface area contributed by atoms with Crippen molar-refractivity contribution in [1.29, 1.82) is 0 Å². The third-order valence-corrected chi connectivity index (χ3v) is 5.03. The summed E-state index contributed by atoms with van der Waals surface area (Å²) in [7, 11) is 0. The van der Waals surface area contributed by atoms with Gasteiger partial charge in [0.15, 0.2) is 0 Å². The van der Waals surface area contributed by atoms with Crippen LogP contribution in [-0.2, 0) is 14.4 Å². The number of likely N-dealkylation sites (tertiary alicyclic amines) is 2. The molecule has 0 N–H and O–H groups in total. The van der Waals surface area contributed by atoms with E-state index in [0.717, 1.165) is 25.0 Å². The minimum atomic E-state index is -0.120. The molecule has 6 nitrogen and oxygen atoms in total. The molecule has 0 saturated carbocycles. The number of amides is 3. The Morgan fingerprint density at radius 3 is 2.48 bits per heavy atom. The van der Waals surface area contributed by atoms with Gasteiger partial charge in [-0.1, -0.05) is 12.2 Å². The molecule has 2 aliphatic rings. The number of hydrogen-bond donors (Lipinski definition) is 0. The first-order valence-corrected chi connectivity index (χ1v) is 9.41. The molecule has 0 aliphatic carbocycles. The van der Waals surface area contributed by atoms with Crippen LogP contribution in [0.1, 0.15) is 46.0 Å². The Bertz CT molecular complexity index is 532. The van der Waals surface area contributed by atoms with Crippen molar-refractivity contribution < 1.29 is 14.4 Å². The molecule has 1 atom stereocenters. The van der Waals surface area contributed by atoms with Crippen LogP contribution in [0.2, 0.25) is 0 Å². The normalized spacial score (nSPS) is 21.0. The van der Waals surface area contributed by atoms with E-state index in [4.69, 9.17) is 0 Å². The van der Waals surface area contributed by atoms with Gasteiger partial charge in [0.25, 0.3) is 0 Å². The molecular weight excluding hydrogens is 318 g/mol. The molecule has 6 heteroatoms. The van der Waals surface area contributed by atoms with Crippen LogP contribution in [0.5, 0.6) is 0 Å². The third-order valence-electron chi connectivity index (χ3n) is 5.03. The summed E-state index contributed by atoms with van der Waals surface area (Å²) in [6.07, 6.45) is 3.43. The molecule has 0 bridgehead atoms. The summed E-state index contributed by atoms with van der Waals surface area (Å²) in [6, 6.07) is 0. The number of piperidine rings is 1. The molecule has 0 unspecified atom stereocenters. The fourth-order valence-corrected chi connectivity index (χ4v) is 3.65. The molecular formula is C19H31N3O3. The molecule has 2 rings (SSSR count). The number of nitrogens with zero attached hydrogens (tertiary/aromatic N) is 3. The molecule has 2 aliphatic heterocycles. The fourth-order valence-electron chi connectivity index (χ4n) is 3.65. The van der Waals surface area contributed by atoms with Gasteiger partial charge in [-0.25, -0.2) is 0 Å². The van der Waals surface area contributed by atoms with Crippen molar-refractivity contribution >= 4 is 17.7 Å². The highest BCUT2D eigenvalue weighted by Crippen LogP contribution is 2.21. The Kier molecular flexibility index (Phi) is 7.02. The number of likely N-dealkylation sites (N-methyl/N-ethyl adjacent to an activating group) is 1. The number of carbonyl (C=O) groups is 3. The van der Waals surface area contributed by atoms with Gasteiger partial charge in [0.1, 0.15) is 0 Å². The Morgan fingerprint density at radius 2 is 1.88 bits per heavy atom. The summed E-state index contributed by atoms with van der Waals surface area (Å²) in [5, 5.41) is 0. The molecule has 0 spiro atoms. The van der Waals surface area contributed by atoms with Gasteiger partial charge < -0.3 is 14.7 Å². The van der Waals surface area contributed by atoms with Crippen LogP contribution in [0.25, 0.3) is 0 Å². The van der Waals surface area contributed by atoms with E-state index in [2.05, 4.69) is 6.58 Å². The molecule has 2 fully saturated rings. The van der Waals surface area contributed by atoms with E-state index in [-0.39, 0.29) is 23.6 Å². The van der Waals surface area contributed by atoms with Crippen molar-refractivity contribution in [3.63, 3.8) is 0 Å². The van der Waals surface area contributed by atoms with E-state index < -0.39 is 0 Å². The van der Waals surface area contributed by atoms with Gasteiger partial charge in [-0.3, -0.25) is 14.4 Å². The smallest absolute Gasteiger partial charge is 0.227 e. The zero-order valence-electron chi connectivity index (χ0n) is 15.6. The molecule has 140 valence electrons. The highest BCUT2D eigenvalue weighted by molar-refractivity contribution is 5.84. The summed E-state index contributed by atoms with van der Waals surface area (Å²) in [5.41, 5.74) is 0.967. The summed E-state index contributed by atoms with van der Waals surface area (Å²) < 4.78 is 0. The first-order chi connectivity index (χ1) is 11.9. The van der Waals surface area contributed by atoms with Crippen LogP contribution < -0.4 is 0 Å². The Balaban J connectivity index is 1.85. The lowest BCUT2D eigenvalue weighted by atomic mass is 9.95. The highest BCUT2D eigenvalue weighted by Gasteiger charge is 2.32. The fraction of sp³-hybridized carbons (Fsp3) is 0.737. The van der Waals surface area contributed by atoms with Crippen LogP contribution in [0, 0.1) is 5.92 Å². The second-order valence-electron chi connectivity index (χ2n) is 7.22. The van der Waals surface area contributed by atoms with E-state index in [1.807, 2.05) is 23.6 Å². The van der Waals surface area contributed by atoms with Crippen LogP contribution >= 0.6 is 0 Å². The van der Waals surface area contributed by atoms with Crippen LogP contribution in [0.3, 0.4) is 0 Å². The monoisotopic (exact) mass is 349 g/mol. The van der Waals surface area contributed by atoms with E-state index in [0.29, 0.717) is 52.0 Å². The van der Waals surface area contributed by atoms with Gasteiger partial charge in [0.2, 0.25) is 17.7 Å². The second kappa shape index (κ2) is 9.02. The number of rotatable bonds is 8. The summed E-state index contributed by atoms with van der Waals surface area (Å²) >= 11 is 0. The number of carbonyl (C=O) groups excluding carboxylic acids is 3. The molecule has 3 amide bonds. The van der Waals surface area contributed by atoms with Gasteiger partial charge in [-0.15, -0.1) is 0 Å². The minimum Gasteiger partial charge on any atom is -0.343 e. The van der Waals surface area contributed by atoms with Gasteiger partial charge in [0.05, 0.1) is 5.92 Å². The van der Waals surface area contributed by atoms with Gasteiger partial charge in [-0.05, 0) is 33.1 Å². The minimum absolute atomic E-state index is 0.120. The van der Waals surface area contributed by atoms with Crippen molar-refractivity contribution in [3.8, 4) is 0 Å². The molecule has 0 aromatic rings. The van der Waals surface area contributed by atoms with E-state index >= 15 is 0 Å². The Labute approximate surface area is 150 Å². The van der Waals surface area contributed by atoms with Crippen molar-refractivity contribution in [2.75, 3.05) is 39.3 Å². The average Bonchev–Trinajstić information content (AvgIpc) is 2.98. The Hall–Kier alpha value is -1.85. The van der Waals surface area contributed by atoms with Gasteiger partial charge in [-0.2, -0.15) is 0 Å². The van der Waals surface area contributed by atoms with E-state index in [1.54, 1.807) is 4.90 Å². The summed E-state index contributed by atoms with van der Waals surface area (Å²) in [4.78, 5) is 42.1. The zero-order chi connectivity index (χ0) is 18.4. The predicted octanol–water partition coefficient (Wildman–Crippen LogP) is 1.66. The van der Waals surface area contributed by atoms with Crippen molar-refractivity contribution in [2.45, 2.75) is 46.0 Å². The maximum Gasteiger partial charge on any atom is 0.227 e. The largest absolute Gasteiger partial charge is 0.343 e. The van der Waals surface area contributed by atoms with E-state index in [1.165, 1.54) is 0 Å². The molecule has 0 aromatic carbocycles. The molecule has 0 aromatic heterocycles.